The van der Waals surface area contributed by atoms with Gasteiger partial charge in [-0.25, -0.2) is 4.39 Å². The van der Waals surface area contributed by atoms with Crippen LogP contribution in [0.25, 0.3) is 11.3 Å². The summed E-state index contributed by atoms with van der Waals surface area (Å²) in [6.45, 7) is 1.76. The molecule has 5 nitrogen and oxygen atoms in total. The van der Waals surface area contributed by atoms with E-state index in [1.165, 1.54) is 6.07 Å². The Morgan fingerprint density at radius 3 is 3.00 bits per heavy atom. The summed E-state index contributed by atoms with van der Waals surface area (Å²) in [6.07, 6.45) is 6.25. The average Bonchev–Trinajstić information content (AvgIpc) is 3.27. The molecule has 0 unspecified atom stereocenters. The van der Waals surface area contributed by atoms with Crippen molar-refractivity contribution >= 4 is 0 Å². The van der Waals surface area contributed by atoms with Gasteiger partial charge in [0.05, 0.1) is 23.6 Å². The lowest BCUT2D eigenvalue weighted by Crippen LogP contribution is -2.51. The number of rotatable bonds is 5. The highest BCUT2D eigenvalue weighted by Crippen LogP contribution is 2.43. The van der Waals surface area contributed by atoms with Gasteiger partial charge in [0.1, 0.15) is 5.82 Å². The Bertz CT molecular complexity index is 765. The first kappa shape index (κ1) is 17.6. The molecule has 1 aromatic carbocycles. The van der Waals surface area contributed by atoms with E-state index in [0.717, 1.165) is 55.6 Å². The molecule has 0 spiro atoms. The van der Waals surface area contributed by atoms with Crippen LogP contribution in [0.3, 0.4) is 0 Å². The number of nitrogens with zero attached hydrogens (tertiary/aromatic N) is 2. The van der Waals surface area contributed by atoms with Crippen molar-refractivity contribution in [3.05, 3.63) is 41.8 Å². The number of hydrogen-bond donors (Lipinski definition) is 1. The molecule has 0 amide bonds. The fourth-order valence-corrected chi connectivity index (χ4v) is 4.70. The summed E-state index contributed by atoms with van der Waals surface area (Å²) in [6, 6.07) is 6.97. The summed E-state index contributed by atoms with van der Waals surface area (Å²) < 4.78 is 25.3. The number of methoxy groups -OCH3 is 2. The minimum Gasteiger partial charge on any atom is -0.381 e. The summed E-state index contributed by atoms with van der Waals surface area (Å²) in [5, 5.41) is 7.25. The van der Waals surface area contributed by atoms with Crippen LogP contribution in [0.15, 0.2) is 30.5 Å². The molecular weight excluding hydrogens is 333 g/mol. The molecule has 1 saturated heterocycles. The van der Waals surface area contributed by atoms with Crippen molar-refractivity contribution in [2.75, 3.05) is 20.8 Å². The normalized spacial score (nSPS) is 29.0. The first-order valence-electron chi connectivity index (χ1n) is 9.25. The van der Waals surface area contributed by atoms with Crippen LogP contribution in [0.4, 0.5) is 4.39 Å². The van der Waals surface area contributed by atoms with Gasteiger partial charge in [0.2, 0.25) is 0 Å². The van der Waals surface area contributed by atoms with Crippen molar-refractivity contribution < 1.29 is 13.9 Å². The highest BCUT2D eigenvalue weighted by atomic mass is 19.1. The van der Waals surface area contributed by atoms with Crippen LogP contribution in [0, 0.1) is 5.82 Å². The van der Waals surface area contributed by atoms with Crippen LogP contribution in [-0.2, 0) is 16.0 Å². The van der Waals surface area contributed by atoms with Crippen LogP contribution in [0.2, 0.25) is 0 Å². The molecule has 1 aromatic heterocycles. The van der Waals surface area contributed by atoms with Gasteiger partial charge < -0.3 is 9.47 Å². The number of H-pyrrole nitrogens is 1. The maximum absolute atomic E-state index is 13.6. The van der Waals surface area contributed by atoms with Crippen LogP contribution in [0.5, 0.6) is 0 Å². The maximum Gasteiger partial charge on any atom is 0.123 e. The second-order valence-corrected chi connectivity index (χ2v) is 7.42. The third kappa shape index (κ3) is 3.06. The van der Waals surface area contributed by atoms with Crippen molar-refractivity contribution in [2.45, 2.75) is 50.0 Å². The zero-order valence-electron chi connectivity index (χ0n) is 15.4. The van der Waals surface area contributed by atoms with Crippen LogP contribution in [0.1, 0.15) is 31.2 Å². The van der Waals surface area contributed by atoms with Crippen molar-refractivity contribution in [2.24, 2.45) is 0 Å². The quantitative estimate of drug-likeness (QED) is 0.889. The zero-order valence-corrected chi connectivity index (χ0v) is 15.4. The minimum atomic E-state index is -0.238. The molecule has 0 bridgehead atoms. The Labute approximate surface area is 153 Å². The number of fused-ring (bicyclic) bond motifs is 1. The molecule has 2 fully saturated rings. The maximum atomic E-state index is 13.6. The predicted molar refractivity (Wildman–Crippen MR) is 97.2 cm³/mol. The Kier molecular flexibility index (Phi) is 4.82. The molecule has 4 rings (SSSR count). The lowest BCUT2D eigenvalue weighted by molar-refractivity contribution is -0.0947. The van der Waals surface area contributed by atoms with E-state index >= 15 is 0 Å². The molecule has 26 heavy (non-hydrogen) atoms. The Hall–Kier alpha value is -1.76. The van der Waals surface area contributed by atoms with Gasteiger partial charge in [-0.05, 0) is 37.8 Å². The molecule has 1 aliphatic carbocycles. The van der Waals surface area contributed by atoms with E-state index < -0.39 is 0 Å². The van der Waals surface area contributed by atoms with Crippen molar-refractivity contribution in [1.82, 2.24) is 15.1 Å². The smallest absolute Gasteiger partial charge is 0.123 e. The summed E-state index contributed by atoms with van der Waals surface area (Å²) in [5.41, 5.74) is 2.73. The Balaban J connectivity index is 1.57. The number of nitrogens with one attached hydrogen (secondary N) is 1. The van der Waals surface area contributed by atoms with Crippen molar-refractivity contribution in [3.8, 4) is 11.3 Å². The molecule has 3 atom stereocenters. The van der Waals surface area contributed by atoms with Crippen molar-refractivity contribution in [1.29, 1.82) is 0 Å². The SMILES string of the molecule is CO[C@@H]1CC[C@@]2(OC)CCN(Cc3cn[nH]c3-c3cccc(F)c3)[C@H]2C1. The third-order valence-electron chi connectivity index (χ3n) is 6.19. The highest BCUT2D eigenvalue weighted by Gasteiger charge is 2.51. The predicted octanol–water partition coefficient (Wildman–Crippen LogP) is 3.37. The van der Waals surface area contributed by atoms with E-state index in [0.29, 0.717) is 6.04 Å². The standard InChI is InChI=1S/C20H26FN3O2/c1-25-17-6-7-20(26-2)8-9-24(18(20)11-17)13-15-12-22-23-19(15)14-4-3-5-16(21)10-14/h3-5,10,12,17-18H,6-9,11,13H2,1-2H3,(H,22,23)/t17-,18+,20-/m1/s1. The van der Waals surface area contributed by atoms with Crippen LogP contribution >= 0.6 is 0 Å². The molecule has 6 heteroatoms. The van der Waals surface area contributed by atoms with Gasteiger partial charge in [0.15, 0.2) is 0 Å². The minimum absolute atomic E-state index is 0.0716. The summed E-state index contributed by atoms with van der Waals surface area (Å²) in [7, 11) is 3.63. The molecule has 1 aliphatic heterocycles. The number of ether oxygens (including phenoxy) is 2. The Morgan fingerprint density at radius 2 is 2.23 bits per heavy atom. The molecule has 2 aliphatic rings. The topological polar surface area (TPSA) is 50.4 Å². The van der Waals surface area contributed by atoms with Crippen LogP contribution < -0.4 is 0 Å². The lowest BCUT2D eigenvalue weighted by atomic mass is 9.79. The number of benzene rings is 1. The van der Waals surface area contributed by atoms with E-state index in [4.69, 9.17) is 9.47 Å². The van der Waals surface area contributed by atoms with Gasteiger partial charge in [-0.15, -0.1) is 0 Å². The van der Waals surface area contributed by atoms with E-state index in [1.807, 2.05) is 19.4 Å². The first-order chi connectivity index (χ1) is 12.6. The number of likely N-dealkylation sites (tertiary alicyclic amines) is 1. The highest BCUT2D eigenvalue weighted by molar-refractivity contribution is 5.62. The molecule has 0 radical (unpaired) electrons. The molecule has 2 heterocycles. The molecule has 140 valence electrons. The van der Waals surface area contributed by atoms with Gasteiger partial charge in [-0.2, -0.15) is 5.10 Å². The third-order valence-corrected chi connectivity index (χ3v) is 6.19. The van der Waals surface area contributed by atoms with Gasteiger partial charge >= 0.3 is 0 Å². The van der Waals surface area contributed by atoms with E-state index in [1.54, 1.807) is 19.2 Å². The van der Waals surface area contributed by atoms with Gasteiger partial charge in [-0.3, -0.25) is 10.00 Å². The summed E-state index contributed by atoms with van der Waals surface area (Å²) in [4.78, 5) is 2.47. The van der Waals surface area contributed by atoms with Gasteiger partial charge in [0, 0.05) is 44.5 Å². The fourth-order valence-electron chi connectivity index (χ4n) is 4.70. The summed E-state index contributed by atoms with van der Waals surface area (Å²) >= 11 is 0. The Morgan fingerprint density at radius 1 is 1.35 bits per heavy atom. The van der Waals surface area contributed by atoms with Crippen molar-refractivity contribution in [3.63, 3.8) is 0 Å². The molecule has 2 aromatic rings. The number of halogens is 1. The second-order valence-electron chi connectivity index (χ2n) is 7.42. The second kappa shape index (κ2) is 7.10. The number of aromatic nitrogens is 2. The fraction of sp³-hybridized carbons (Fsp3) is 0.550. The van der Waals surface area contributed by atoms with Crippen LogP contribution in [-0.4, -0.2) is 53.6 Å². The van der Waals surface area contributed by atoms with E-state index in [9.17, 15) is 4.39 Å². The molecular formula is C20H26FN3O2. The lowest BCUT2D eigenvalue weighted by Gasteiger charge is -2.43. The van der Waals surface area contributed by atoms with Gasteiger partial charge in [0.25, 0.3) is 0 Å². The summed E-state index contributed by atoms with van der Waals surface area (Å²) in [5.74, 6) is -0.238. The zero-order chi connectivity index (χ0) is 18.1. The van der Waals surface area contributed by atoms with E-state index in [2.05, 4.69) is 15.1 Å². The van der Waals surface area contributed by atoms with E-state index in [-0.39, 0.29) is 17.5 Å². The van der Waals surface area contributed by atoms with Gasteiger partial charge in [-0.1, -0.05) is 12.1 Å². The average molecular weight is 359 g/mol. The monoisotopic (exact) mass is 359 g/mol. The number of aromatic amines is 1. The molecule has 1 N–H and O–H groups in total. The number of hydrogen-bond acceptors (Lipinski definition) is 4. The first-order valence-corrected chi connectivity index (χ1v) is 9.25. The molecule has 1 saturated carbocycles. The largest absolute Gasteiger partial charge is 0.381 e.